The van der Waals surface area contributed by atoms with Crippen LogP contribution in [0.4, 0.5) is 0 Å². The minimum absolute atomic E-state index is 0.00495. The number of sulfone groups is 1. The standard InChI is InChI=1S/C40H49N3O8S/c1-25-27-13-14-30-38(4,28(27)23-29(44)32(25)45)18-20-40(6)31-24-37(3,16-15-36(31,2)17-19-39(30,40)5)35(46)41-21-10-22-50-33-34(43(47)51-42-33)52(48,49)26-11-8-7-9-12-26/h7-9,11-14,23,31,45H,10,15-22,24H2,1-6H3,(H,41,46)/t31-,36-,37-,38+,39-,40+/m1/s1. The number of rotatable bonds is 8. The van der Waals surface area contributed by atoms with Crippen LogP contribution in [0.5, 0.6) is 5.88 Å². The van der Waals surface area contributed by atoms with Crippen LogP contribution < -0.4 is 15.0 Å². The number of hydrogen-bond acceptors (Lipinski definition) is 9. The lowest BCUT2D eigenvalue weighted by molar-refractivity contribution is -0.832. The van der Waals surface area contributed by atoms with Gasteiger partial charge in [-0.15, -0.1) is 0 Å². The van der Waals surface area contributed by atoms with Gasteiger partial charge in [0.25, 0.3) is 9.84 Å². The van der Waals surface area contributed by atoms with Gasteiger partial charge in [-0.25, -0.2) is 8.42 Å². The smallest absolute Gasteiger partial charge is 0.414 e. The average Bonchev–Trinajstić information content (AvgIpc) is 3.50. The first-order valence-corrected chi connectivity index (χ1v) is 19.8. The van der Waals surface area contributed by atoms with Crippen LogP contribution >= 0.6 is 0 Å². The molecule has 278 valence electrons. The van der Waals surface area contributed by atoms with E-state index in [4.69, 9.17) is 4.74 Å². The second-order valence-electron chi connectivity index (χ2n) is 16.9. The molecule has 0 radical (unpaired) electrons. The zero-order valence-electron chi connectivity index (χ0n) is 30.9. The predicted octanol–water partition coefficient (Wildman–Crippen LogP) is 6.65. The van der Waals surface area contributed by atoms with E-state index in [1.807, 2.05) is 6.92 Å². The van der Waals surface area contributed by atoms with Crippen molar-refractivity contribution < 1.29 is 37.4 Å². The maximum atomic E-state index is 14.0. The monoisotopic (exact) mass is 731 g/mol. The quantitative estimate of drug-likeness (QED) is 0.224. The molecule has 1 aromatic carbocycles. The van der Waals surface area contributed by atoms with Crippen LogP contribution in [0.1, 0.15) is 92.9 Å². The Kier molecular flexibility index (Phi) is 8.47. The normalized spacial score (nSPS) is 34.2. The van der Waals surface area contributed by atoms with E-state index >= 15 is 0 Å². The molecule has 1 heterocycles. The van der Waals surface area contributed by atoms with Gasteiger partial charge >= 0.3 is 10.9 Å². The molecule has 0 saturated heterocycles. The average molecular weight is 732 g/mol. The molecule has 11 nitrogen and oxygen atoms in total. The maximum absolute atomic E-state index is 14.0. The van der Waals surface area contributed by atoms with E-state index in [-0.39, 0.29) is 55.5 Å². The number of ketones is 1. The van der Waals surface area contributed by atoms with Gasteiger partial charge in [0.15, 0.2) is 5.76 Å². The molecule has 0 aliphatic heterocycles. The first-order chi connectivity index (χ1) is 24.4. The number of nitrogens with zero attached hydrogens (tertiary/aromatic N) is 2. The second-order valence-corrected chi connectivity index (χ2v) is 18.8. The molecule has 0 spiro atoms. The van der Waals surface area contributed by atoms with Crippen LogP contribution in [0.2, 0.25) is 0 Å². The lowest BCUT2D eigenvalue weighted by atomic mass is 9.34. The number of hydrogen-bond donors (Lipinski definition) is 2. The van der Waals surface area contributed by atoms with Crippen molar-refractivity contribution in [2.24, 2.45) is 33.0 Å². The fourth-order valence-electron chi connectivity index (χ4n) is 10.6. The Balaban J connectivity index is 1.04. The van der Waals surface area contributed by atoms with Gasteiger partial charge in [0.1, 0.15) is 0 Å². The lowest BCUT2D eigenvalue weighted by Gasteiger charge is -2.70. The van der Waals surface area contributed by atoms with E-state index in [2.05, 4.69) is 61.9 Å². The highest BCUT2D eigenvalue weighted by molar-refractivity contribution is 7.91. The lowest BCUT2D eigenvalue weighted by Crippen LogP contribution is -2.62. The van der Waals surface area contributed by atoms with E-state index in [9.17, 15) is 28.3 Å². The minimum Gasteiger partial charge on any atom is -0.504 e. The summed E-state index contributed by atoms with van der Waals surface area (Å²) in [6.07, 6.45) is 12.9. The molecule has 3 saturated carbocycles. The third-order valence-electron chi connectivity index (χ3n) is 14.1. The largest absolute Gasteiger partial charge is 0.504 e. The van der Waals surface area contributed by atoms with Crippen molar-refractivity contribution >= 4 is 21.5 Å². The number of allylic oxidation sites excluding steroid dienone is 7. The Morgan fingerprint density at radius 3 is 2.50 bits per heavy atom. The summed E-state index contributed by atoms with van der Waals surface area (Å²) in [5, 5.41) is 28.6. The fourth-order valence-corrected chi connectivity index (χ4v) is 11.9. The number of aromatic nitrogens is 2. The number of ether oxygens (including phenoxy) is 1. The Hall–Kier alpha value is -4.19. The summed E-state index contributed by atoms with van der Waals surface area (Å²) in [6.45, 7) is 13.8. The minimum atomic E-state index is -4.22. The Morgan fingerprint density at radius 1 is 1.06 bits per heavy atom. The maximum Gasteiger partial charge on any atom is 0.414 e. The molecule has 12 heteroatoms. The summed E-state index contributed by atoms with van der Waals surface area (Å²) in [6, 6.07) is 7.52. The highest BCUT2D eigenvalue weighted by atomic mass is 32.2. The summed E-state index contributed by atoms with van der Waals surface area (Å²) in [5.41, 5.74) is 2.97. The zero-order chi connectivity index (χ0) is 37.5. The molecule has 5 aliphatic rings. The SMILES string of the molecule is CC1=C(O)C(=O)C=C2C1=CC=C1[C@@]2(C)CC[C@@]2(C)[C@@H]3C[C@](C)(C(=O)NCCCOc4no[n+]([O-])c4S(=O)(=O)c4ccccc4)CC[C@]3(C)CC[C@]12C. The van der Waals surface area contributed by atoms with Crippen molar-refractivity contribution in [3.05, 3.63) is 81.8 Å². The van der Waals surface area contributed by atoms with E-state index < -0.39 is 26.2 Å². The molecule has 2 N–H and O–H groups in total. The number of carbonyl (C=O) groups excluding carboxylic acids is 2. The first-order valence-electron chi connectivity index (χ1n) is 18.3. The number of aliphatic hydroxyl groups is 1. The van der Waals surface area contributed by atoms with Crippen LogP contribution in [0.15, 0.2) is 91.2 Å². The third-order valence-corrected chi connectivity index (χ3v) is 15.8. The summed E-state index contributed by atoms with van der Waals surface area (Å²) in [7, 11) is -4.22. The molecular formula is C40H49N3O8S. The van der Waals surface area contributed by atoms with Gasteiger partial charge in [-0.2, -0.15) is 0 Å². The molecule has 0 unspecified atom stereocenters. The molecule has 5 aliphatic carbocycles. The molecule has 1 aromatic heterocycles. The van der Waals surface area contributed by atoms with E-state index in [1.165, 1.54) is 17.7 Å². The van der Waals surface area contributed by atoms with Crippen LogP contribution in [0.25, 0.3) is 0 Å². The second kappa shape index (κ2) is 12.2. The Labute approximate surface area is 305 Å². The molecular weight excluding hydrogens is 683 g/mol. The van der Waals surface area contributed by atoms with Crippen molar-refractivity contribution in [1.82, 2.24) is 10.5 Å². The first kappa shape index (κ1) is 36.2. The van der Waals surface area contributed by atoms with Crippen LogP contribution in [-0.4, -0.2) is 43.5 Å². The van der Waals surface area contributed by atoms with Crippen molar-refractivity contribution in [2.45, 2.75) is 103 Å². The molecule has 7 rings (SSSR count). The molecule has 0 bridgehead atoms. The zero-order valence-corrected chi connectivity index (χ0v) is 31.7. The fraction of sp³-hybridized carbons (Fsp3) is 0.550. The van der Waals surface area contributed by atoms with E-state index in [0.29, 0.717) is 24.5 Å². The summed E-state index contributed by atoms with van der Waals surface area (Å²) < 4.78 is 36.3. The highest BCUT2D eigenvalue weighted by Crippen LogP contribution is 2.75. The Morgan fingerprint density at radius 2 is 1.77 bits per heavy atom. The number of benzene rings is 1. The van der Waals surface area contributed by atoms with Crippen LogP contribution in [0, 0.1) is 38.2 Å². The summed E-state index contributed by atoms with van der Waals surface area (Å²) in [4.78, 5) is 26.5. The van der Waals surface area contributed by atoms with Gasteiger partial charge in [0, 0.05) is 22.9 Å². The highest BCUT2D eigenvalue weighted by Gasteiger charge is 2.67. The van der Waals surface area contributed by atoms with Crippen LogP contribution in [-0.2, 0) is 19.4 Å². The van der Waals surface area contributed by atoms with Crippen molar-refractivity contribution in [3.63, 3.8) is 0 Å². The van der Waals surface area contributed by atoms with Gasteiger partial charge in [-0.1, -0.05) is 70.5 Å². The number of amides is 1. The van der Waals surface area contributed by atoms with Gasteiger partial charge < -0.3 is 20.4 Å². The number of fused-ring (bicyclic) bond motifs is 7. The number of aliphatic hydroxyl groups excluding tert-OH is 1. The number of carbonyl (C=O) groups is 2. The van der Waals surface area contributed by atoms with Gasteiger partial charge in [0.05, 0.1) is 16.7 Å². The number of nitrogens with one attached hydrogen (secondary N) is 1. The van der Waals surface area contributed by atoms with Gasteiger partial charge in [0.2, 0.25) is 11.7 Å². The molecule has 3 fully saturated rings. The molecule has 2 aromatic rings. The molecule has 1 amide bonds. The van der Waals surface area contributed by atoms with Crippen molar-refractivity contribution in [2.75, 3.05) is 13.2 Å². The van der Waals surface area contributed by atoms with Gasteiger partial charge in [-0.05, 0) is 115 Å². The summed E-state index contributed by atoms with van der Waals surface area (Å²) in [5.74, 6) is -0.618. The molecule has 6 atom stereocenters. The third kappa shape index (κ3) is 5.21. The van der Waals surface area contributed by atoms with E-state index in [0.717, 1.165) is 56.1 Å². The van der Waals surface area contributed by atoms with E-state index in [1.54, 1.807) is 24.3 Å². The predicted molar refractivity (Wildman–Crippen MR) is 191 cm³/mol. The van der Waals surface area contributed by atoms with Crippen molar-refractivity contribution in [1.29, 1.82) is 0 Å². The summed E-state index contributed by atoms with van der Waals surface area (Å²) >= 11 is 0. The topological polar surface area (TPSA) is 163 Å². The van der Waals surface area contributed by atoms with Gasteiger partial charge in [-0.3, -0.25) is 14.2 Å². The Bertz CT molecular complexity index is 2080. The molecule has 52 heavy (non-hydrogen) atoms. The van der Waals surface area contributed by atoms with Crippen LogP contribution in [0.3, 0.4) is 0 Å². The van der Waals surface area contributed by atoms with Crippen molar-refractivity contribution in [3.8, 4) is 5.88 Å².